The number of carbonyl (C=O) groups is 3. The van der Waals surface area contributed by atoms with Crippen LogP contribution in [0.4, 0.5) is 5.69 Å². The number of rotatable bonds is 8. The molecule has 30 heavy (non-hydrogen) atoms. The van der Waals surface area contributed by atoms with E-state index in [4.69, 9.17) is 0 Å². The normalized spacial score (nSPS) is 11.6. The van der Waals surface area contributed by atoms with Gasteiger partial charge in [0, 0.05) is 19.2 Å². The highest BCUT2D eigenvalue weighted by Gasteiger charge is 2.19. The number of carboxylic acid groups (broad SMARTS) is 1. The molecule has 0 spiro atoms. The van der Waals surface area contributed by atoms with E-state index in [1.165, 1.54) is 6.92 Å². The predicted molar refractivity (Wildman–Crippen MR) is 116 cm³/mol. The largest absolute Gasteiger partial charge is 0.481 e. The van der Waals surface area contributed by atoms with Gasteiger partial charge in [-0.25, -0.2) is 0 Å². The van der Waals surface area contributed by atoms with Crippen LogP contribution in [0.2, 0.25) is 0 Å². The van der Waals surface area contributed by atoms with Gasteiger partial charge in [0.2, 0.25) is 11.8 Å². The summed E-state index contributed by atoms with van der Waals surface area (Å²) in [4.78, 5) is 35.0. The van der Waals surface area contributed by atoms with E-state index in [1.807, 2.05) is 42.5 Å². The number of anilines is 1. The van der Waals surface area contributed by atoms with Crippen LogP contribution >= 0.6 is 0 Å². The first-order valence-corrected chi connectivity index (χ1v) is 9.74. The second kappa shape index (κ2) is 9.69. The molecule has 1 atom stereocenters. The first-order chi connectivity index (χ1) is 14.4. The summed E-state index contributed by atoms with van der Waals surface area (Å²) in [5, 5.41) is 17.1. The highest BCUT2D eigenvalue weighted by atomic mass is 16.4. The van der Waals surface area contributed by atoms with Gasteiger partial charge in [-0.15, -0.1) is 0 Å². The SMILES string of the molecule is CC(=O)Nc1ccc(CC(=O)NCC(Cc2ccc3ccccc3c2)C(=O)O)cc1. The summed E-state index contributed by atoms with van der Waals surface area (Å²) in [5.41, 5.74) is 2.36. The van der Waals surface area contributed by atoms with Gasteiger partial charge in [0.1, 0.15) is 0 Å². The van der Waals surface area contributed by atoms with Crippen molar-refractivity contribution >= 4 is 34.2 Å². The summed E-state index contributed by atoms with van der Waals surface area (Å²) in [7, 11) is 0. The van der Waals surface area contributed by atoms with Crippen LogP contribution in [0, 0.1) is 5.92 Å². The molecule has 3 N–H and O–H groups in total. The van der Waals surface area contributed by atoms with E-state index in [0.717, 1.165) is 21.9 Å². The van der Waals surface area contributed by atoms with Gasteiger partial charge in [0.05, 0.1) is 12.3 Å². The molecule has 0 aliphatic carbocycles. The lowest BCUT2D eigenvalue weighted by molar-refractivity contribution is -0.141. The van der Waals surface area contributed by atoms with Crippen molar-refractivity contribution in [3.63, 3.8) is 0 Å². The van der Waals surface area contributed by atoms with Crippen LogP contribution in [0.1, 0.15) is 18.1 Å². The number of benzene rings is 3. The zero-order valence-corrected chi connectivity index (χ0v) is 16.7. The summed E-state index contributed by atoms with van der Waals surface area (Å²) in [6.07, 6.45) is 0.481. The molecule has 0 heterocycles. The molecule has 1 unspecified atom stereocenters. The molecule has 6 heteroatoms. The number of nitrogens with one attached hydrogen (secondary N) is 2. The van der Waals surface area contributed by atoms with E-state index in [9.17, 15) is 19.5 Å². The summed E-state index contributed by atoms with van der Waals surface area (Å²) in [5.74, 6) is -2.06. The predicted octanol–water partition coefficient (Wildman–Crippen LogP) is 3.40. The summed E-state index contributed by atoms with van der Waals surface area (Å²) in [6, 6.07) is 20.8. The molecular formula is C24H24N2O4. The minimum atomic E-state index is -0.942. The van der Waals surface area contributed by atoms with Gasteiger partial charge >= 0.3 is 5.97 Å². The number of aliphatic carboxylic acids is 1. The average molecular weight is 404 g/mol. The Balaban J connectivity index is 1.56. The zero-order valence-electron chi connectivity index (χ0n) is 16.7. The van der Waals surface area contributed by atoms with Gasteiger partial charge in [-0.1, -0.05) is 54.6 Å². The monoisotopic (exact) mass is 404 g/mol. The highest BCUT2D eigenvalue weighted by molar-refractivity contribution is 5.88. The third kappa shape index (κ3) is 5.91. The van der Waals surface area contributed by atoms with Crippen LogP contribution in [0.15, 0.2) is 66.7 Å². The maximum absolute atomic E-state index is 12.3. The van der Waals surface area contributed by atoms with Crippen molar-refractivity contribution in [2.75, 3.05) is 11.9 Å². The van der Waals surface area contributed by atoms with Gasteiger partial charge in [0.15, 0.2) is 0 Å². The Hall–Kier alpha value is -3.67. The summed E-state index contributed by atoms with van der Waals surface area (Å²) < 4.78 is 0. The molecule has 0 aliphatic heterocycles. The first-order valence-electron chi connectivity index (χ1n) is 9.74. The van der Waals surface area contributed by atoms with Crippen LogP contribution in [0.3, 0.4) is 0 Å². The molecule has 3 aromatic carbocycles. The van der Waals surface area contributed by atoms with E-state index in [2.05, 4.69) is 10.6 Å². The second-order valence-corrected chi connectivity index (χ2v) is 7.28. The molecule has 0 radical (unpaired) electrons. The van der Waals surface area contributed by atoms with Crippen LogP contribution in [0.25, 0.3) is 10.8 Å². The topological polar surface area (TPSA) is 95.5 Å². The minimum Gasteiger partial charge on any atom is -0.481 e. The molecule has 6 nitrogen and oxygen atoms in total. The van der Waals surface area contributed by atoms with Crippen molar-refractivity contribution in [2.45, 2.75) is 19.8 Å². The Morgan fingerprint density at radius 1 is 0.900 bits per heavy atom. The lowest BCUT2D eigenvalue weighted by Gasteiger charge is -2.14. The van der Waals surface area contributed by atoms with Crippen molar-refractivity contribution in [3.05, 3.63) is 77.9 Å². The lowest BCUT2D eigenvalue weighted by Crippen LogP contribution is -2.34. The summed E-state index contributed by atoms with van der Waals surface area (Å²) >= 11 is 0. The van der Waals surface area contributed by atoms with Gasteiger partial charge in [-0.2, -0.15) is 0 Å². The van der Waals surface area contributed by atoms with E-state index in [-0.39, 0.29) is 24.8 Å². The molecule has 0 saturated carbocycles. The quantitative estimate of drug-likeness (QED) is 0.536. The third-order valence-electron chi connectivity index (χ3n) is 4.83. The van der Waals surface area contributed by atoms with E-state index in [0.29, 0.717) is 12.1 Å². The average Bonchev–Trinajstić information content (AvgIpc) is 2.72. The van der Waals surface area contributed by atoms with Crippen molar-refractivity contribution < 1.29 is 19.5 Å². The molecule has 0 fully saturated rings. The Morgan fingerprint density at radius 2 is 1.57 bits per heavy atom. The smallest absolute Gasteiger partial charge is 0.308 e. The third-order valence-corrected chi connectivity index (χ3v) is 4.83. The van der Waals surface area contributed by atoms with E-state index < -0.39 is 11.9 Å². The Bertz CT molecular complexity index is 1060. The van der Waals surface area contributed by atoms with Crippen LogP contribution in [-0.2, 0) is 27.2 Å². The molecular weight excluding hydrogens is 380 g/mol. The first kappa shape index (κ1) is 21.0. The Labute approximate surface area is 174 Å². The Morgan fingerprint density at radius 3 is 2.23 bits per heavy atom. The molecule has 0 saturated heterocycles. The molecule has 3 rings (SSSR count). The fourth-order valence-corrected chi connectivity index (χ4v) is 3.29. The van der Waals surface area contributed by atoms with Gasteiger partial charge < -0.3 is 15.7 Å². The maximum atomic E-state index is 12.3. The zero-order chi connectivity index (χ0) is 21.5. The van der Waals surface area contributed by atoms with E-state index in [1.54, 1.807) is 24.3 Å². The maximum Gasteiger partial charge on any atom is 0.308 e. The fourth-order valence-electron chi connectivity index (χ4n) is 3.29. The number of carboxylic acids is 1. The minimum absolute atomic E-state index is 0.0605. The summed E-state index contributed by atoms with van der Waals surface area (Å²) in [6.45, 7) is 1.49. The number of hydrogen-bond acceptors (Lipinski definition) is 3. The Kier molecular flexibility index (Phi) is 6.80. The van der Waals surface area contributed by atoms with Gasteiger partial charge in [-0.3, -0.25) is 14.4 Å². The van der Waals surface area contributed by atoms with Gasteiger partial charge in [-0.05, 0) is 40.5 Å². The molecule has 154 valence electrons. The number of carbonyl (C=O) groups excluding carboxylic acids is 2. The molecule has 3 aromatic rings. The van der Waals surface area contributed by atoms with Crippen molar-refractivity contribution in [3.8, 4) is 0 Å². The molecule has 2 amide bonds. The van der Waals surface area contributed by atoms with E-state index >= 15 is 0 Å². The van der Waals surface area contributed by atoms with Crippen molar-refractivity contribution in [1.82, 2.24) is 5.32 Å². The molecule has 0 aromatic heterocycles. The van der Waals surface area contributed by atoms with Gasteiger partial charge in [0.25, 0.3) is 0 Å². The number of fused-ring (bicyclic) bond motifs is 1. The van der Waals surface area contributed by atoms with Crippen molar-refractivity contribution in [1.29, 1.82) is 0 Å². The van der Waals surface area contributed by atoms with Crippen LogP contribution in [-0.4, -0.2) is 29.4 Å². The molecule has 0 aliphatic rings. The highest BCUT2D eigenvalue weighted by Crippen LogP contribution is 2.18. The van der Waals surface area contributed by atoms with Crippen LogP contribution < -0.4 is 10.6 Å². The number of hydrogen-bond donors (Lipinski definition) is 3. The second-order valence-electron chi connectivity index (χ2n) is 7.28. The standard InChI is InChI=1S/C24H24N2O4/c1-16(27)26-22-10-7-17(8-11-22)14-23(28)25-15-21(24(29)30)13-18-6-9-19-4-2-3-5-20(19)12-18/h2-12,21H,13-15H2,1H3,(H,25,28)(H,26,27)(H,29,30). The molecule has 0 bridgehead atoms. The number of amides is 2. The fraction of sp³-hybridized carbons (Fsp3) is 0.208. The lowest BCUT2D eigenvalue weighted by atomic mass is 9.97. The van der Waals surface area contributed by atoms with Crippen LogP contribution in [0.5, 0.6) is 0 Å². The van der Waals surface area contributed by atoms with Crippen molar-refractivity contribution in [2.24, 2.45) is 5.92 Å².